The summed E-state index contributed by atoms with van der Waals surface area (Å²) in [6.07, 6.45) is 1.78. The fraction of sp³-hybridized carbons (Fsp3) is 0.143. The summed E-state index contributed by atoms with van der Waals surface area (Å²) < 4.78 is 24.9. The predicted octanol–water partition coefficient (Wildman–Crippen LogP) is 4.05. The van der Waals surface area contributed by atoms with Crippen molar-refractivity contribution in [2.75, 3.05) is 7.05 Å². The smallest absolute Gasteiger partial charge is 0.238 e. The van der Waals surface area contributed by atoms with E-state index >= 15 is 0 Å². The maximum absolute atomic E-state index is 11.6. The fourth-order valence-electron chi connectivity index (χ4n) is 2.70. The Morgan fingerprint density at radius 2 is 1.81 bits per heavy atom. The second-order valence-corrected chi connectivity index (χ2v) is 10.7. The third-order valence-corrected chi connectivity index (χ3v) is 6.92. The van der Waals surface area contributed by atoms with Crippen LogP contribution in [0.3, 0.4) is 0 Å². The molecule has 0 aliphatic rings. The molecule has 166 valence electrons. The molecule has 0 spiro atoms. The first-order valence-corrected chi connectivity index (χ1v) is 12.4. The maximum atomic E-state index is 11.6. The van der Waals surface area contributed by atoms with Gasteiger partial charge >= 0.3 is 0 Å². The van der Waals surface area contributed by atoms with Gasteiger partial charge in [-0.3, -0.25) is 5.21 Å². The molecule has 1 unspecified atom stereocenters. The highest BCUT2D eigenvalue weighted by Crippen LogP contribution is 2.32. The Labute approximate surface area is 201 Å². The molecule has 0 aliphatic carbocycles. The molecule has 7 nitrogen and oxygen atoms in total. The van der Waals surface area contributed by atoms with Gasteiger partial charge in [0.1, 0.15) is 5.69 Å². The number of hydrogen-bond donors (Lipinski definition) is 2. The second-order valence-electron chi connectivity index (χ2n) is 6.72. The standard InChI is InChI=1S/C21H19ClN4O3S3/c1-14(31-21(30)25(2)27)11-12-26-13-19(15-3-7-17(22)8-4-15)20(24-26)16-5-9-18(10-6-16)32(23,28)29/h3-10,13-14,27H,1-2H3,(H2,23,28,29). The largest absolute Gasteiger partial charge is 0.287 e. The van der Waals surface area contributed by atoms with Crippen LogP contribution in [0.15, 0.2) is 59.6 Å². The summed E-state index contributed by atoms with van der Waals surface area (Å²) in [5.41, 5.74) is 2.99. The van der Waals surface area contributed by atoms with Crippen LogP contribution in [-0.4, -0.2) is 45.1 Å². The van der Waals surface area contributed by atoms with Crippen molar-refractivity contribution in [2.24, 2.45) is 5.14 Å². The minimum atomic E-state index is -3.79. The van der Waals surface area contributed by atoms with Crippen LogP contribution < -0.4 is 5.14 Å². The zero-order valence-corrected chi connectivity index (χ0v) is 20.3. The molecule has 1 heterocycles. The van der Waals surface area contributed by atoms with E-state index in [2.05, 4.69) is 17.1 Å². The van der Waals surface area contributed by atoms with Gasteiger partial charge in [0.15, 0.2) is 4.32 Å². The highest BCUT2D eigenvalue weighted by atomic mass is 35.5. The number of hydrogen-bond acceptors (Lipinski definition) is 6. The van der Waals surface area contributed by atoms with E-state index in [4.69, 9.17) is 29.0 Å². The number of nitrogens with two attached hydrogens (primary N) is 1. The fourth-order valence-corrected chi connectivity index (χ4v) is 4.34. The van der Waals surface area contributed by atoms with Gasteiger partial charge in [-0.15, -0.1) is 0 Å². The average Bonchev–Trinajstić information content (AvgIpc) is 3.16. The third kappa shape index (κ3) is 6.10. The number of benzene rings is 2. The summed E-state index contributed by atoms with van der Waals surface area (Å²) >= 11 is 12.3. The normalized spacial score (nSPS) is 12.0. The van der Waals surface area contributed by atoms with Gasteiger partial charge in [-0.05, 0) is 36.8 Å². The van der Waals surface area contributed by atoms with Gasteiger partial charge in [0.05, 0.1) is 10.1 Å². The predicted molar refractivity (Wildman–Crippen MR) is 132 cm³/mol. The molecule has 2 aromatic carbocycles. The molecule has 32 heavy (non-hydrogen) atoms. The van der Waals surface area contributed by atoms with Crippen molar-refractivity contribution in [3.63, 3.8) is 0 Å². The summed E-state index contributed by atoms with van der Waals surface area (Å²) in [6.45, 7) is 1.87. The molecule has 0 amide bonds. The maximum Gasteiger partial charge on any atom is 0.238 e. The lowest BCUT2D eigenvalue weighted by atomic mass is 10.0. The van der Waals surface area contributed by atoms with Crippen LogP contribution in [0.4, 0.5) is 0 Å². The quantitative estimate of drug-likeness (QED) is 0.312. The molecule has 1 aromatic heterocycles. The molecule has 3 rings (SSSR count). The zero-order valence-electron chi connectivity index (χ0n) is 17.1. The topological polar surface area (TPSA) is 101 Å². The molecule has 11 heteroatoms. The molecule has 0 aliphatic heterocycles. The second kappa shape index (κ2) is 10.0. The van der Waals surface area contributed by atoms with Crippen LogP contribution in [-0.2, 0) is 10.0 Å². The highest BCUT2D eigenvalue weighted by molar-refractivity contribution is 8.23. The van der Waals surface area contributed by atoms with Crippen molar-refractivity contribution < 1.29 is 13.6 Å². The Balaban J connectivity index is 2.01. The first kappa shape index (κ1) is 24.3. The van der Waals surface area contributed by atoms with Crippen molar-refractivity contribution in [1.82, 2.24) is 14.8 Å². The number of hydroxylamine groups is 2. The number of nitrogens with zero attached hydrogens (tertiary/aromatic N) is 3. The zero-order chi connectivity index (χ0) is 23.5. The van der Waals surface area contributed by atoms with Gasteiger partial charge in [-0.2, -0.15) is 9.78 Å². The van der Waals surface area contributed by atoms with E-state index < -0.39 is 10.0 Å². The van der Waals surface area contributed by atoms with Crippen LogP contribution >= 0.6 is 35.6 Å². The molecular formula is C21H19ClN4O3S3. The molecule has 3 N–H and O–H groups in total. The van der Waals surface area contributed by atoms with Crippen LogP contribution in [0.2, 0.25) is 5.02 Å². The van der Waals surface area contributed by atoms with Crippen molar-refractivity contribution >= 4 is 49.9 Å². The molecule has 3 aromatic rings. The van der Waals surface area contributed by atoms with E-state index in [0.29, 0.717) is 20.6 Å². The number of sulfonamides is 1. The Kier molecular flexibility index (Phi) is 7.61. The van der Waals surface area contributed by atoms with Crippen LogP contribution in [0.25, 0.3) is 22.4 Å². The Bertz CT molecular complexity index is 1290. The highest BCUT2D eigenvalue weighted by Gasteiger charge is 2.15. The number of rotatable bonds is 4. The number of aromatic nitrogens is 2. The summed E-state index contributed by atoms with van der Waals surface area (Å²) in [5, 5.41) is 20.5. The van der Waals surface area contributed by atoms with Crippen LogP contribution in [0.5, 0.6) is 0 Å². The van der Waals surface area contributed by atoms with Gasteiger partial charge in [-0.25, -0.2) is 18.6 Å². The lowest BCUT2D eigenvalue weighted by molar-refractivity contribution is 0.0205. The number of thiocarbonyl (C=S) groups is 1. The van der Waals surface area contributed by atoms with Gasteiger partial charge in [0.2, 0.25) is 10.0 Å². The monoisotopic (exact) mass is 506 g/mol. The third-order valence-electron chi connectivity index (χ3n) is 4.25. The molecule has 0 saturated heterocycles. The molecule has 0 bridgehead atoms. The van der Waals surface area contributed by atoms with Crippen molar-refractivity contribution in [2.45, 2.75) is 17.1 Å². The Morgan fingerprint density at radius 3 is 2.38 bits per heavy atom. The number of halogens is 1. The van der Waals surface area contributed by atoms with Crippen LogP contribution in [0, 0.1) is 12.0 Å². The van der Waals surface area contributed by atoms with Crippen molar-refractivity contribution in [3.8, 4) is 34.3 Å². The minimum absolute atomic E-state index is 0.0178. The number of thioether (sulfide) groups is 1. The number of primary sulfonamides is 1. The molecule has 0 saturated carbocycles. The molecule has 1 atom stereocenters. The first-order valence-electron chi connectivity index (χ1n) is 9.18. The summed E-state index contributed by atoms with van der Waals surface area (Å²) in [4.78, 5) is 0.0178. The summed E-state index contributed by atoms with van der Waals surface area (Å²) in [6, 6.07) is 16.4. The summed E-state index contributed by atoms with van der Waals surface area (Å²) in [7, 11) is -2.34. The summed E-state index contributed by atoms with van der Waals surface area (Å²) in [5.74, 6) is 3.04. The Morgan fingerprint density at radius 1 is 1.22 bits per heavy atom. The first-order chi connectivity index (χ1) is 15.0. The molecule has 0 radical (unpaired) electrons. The van der Waals surface area contributed by atoms with Gasteiger partial charge in [0.25, 0.3) is 0 Å². The lowest BCUT2D eigenvalue weighted by Crippen LogP contribution is -2.19. The van der Waals surface area contributed by atoms with Crippen LogP contribution in [0.1, 0.15) is 6.92 Å². The Hall–Kier alpha value is -2.39. The van der Waals surface area contributed by atoms with Gasteiger partial charge in [-0.1, -0.05) is 65.8 Å². The SMILES string of the molecule is CC(C#Cn1cc(-c2ccc(Cl)cc2)c(-c2ccc(S(N)(=O)=O)cc2)n1)SC(=S)N(C)O. The van der Waals surface area contributed by atoms with Crippen molar-refractivity contribution in [1.29, 1.82) is 0 Å². The van der Waals surface area contributed by atoms with E-state index in [1.807, 2.05) is 19.1 Å². The minimum Gasteiger partial charge on any atom is -0.287 e. The average molecular weight is 507 g/mol. The molecular weight excluding hydrogens is 488 g/mol. The lowest BCUT2D eigenvalue weighted by Gasteiger charge is -2.11. The van der Waals surface area contributed by atoms with Gasteiger partial charge in [0, 0.05) is 35.4 Å². The van der Waals surface area contributed by atoms with E-state index in [-0.39, 0.29) is 10.1 Å². The van der Waals surface area contributed by atoms with E-state index in [9.17, 15) is 13.6 Å². The van der Waals surface area contributed by atoms with E-state index in [1.165, 1.54) is 35.6 Å². The van der Waals surface area contributed by atoms with E-state index in [0.717, 1.165) is 16.2 Å². The van der Waals surface area contributed by atoms with Crippen molar-refractivity contribution in [3.05, 3.63) is 59.8 Å². The van der Waals surface area contributed by atoms with Gasteiger partial charge < -0.3 is 0 Å². The molecule has 0 fully saturated rings. The van der Waals surface area contributed by atoms with E-state index in [1.54, 1.807) is 30.5 Å².